The van der Waals surface area contributed by atoms with Gasteiger partial charge in [0.05, 0.1) is 6.26 Å². The van der Waals surface area contributed by atoms with Crippen LogP contribution in [0.1, 0.15) is 44.2 Å². The Hall–Kier alpha value is -1.11. The summed E-state index contributed by atoms with van der Waals surface area (Å²) in [6.45, 7) is 2.42. The van der Waals surface area contributed by atoms with E-state index < -0.39 is 10.0 Å². The van der Waals surface area contributed by atoms with Gasteiger partial charge in [-0.3, -0.25) is 4.72 Å². The van der Waals surface area contributed by atoms with Crippen molar-refractivity contribution in [3.8, 4) is 0 Å². The van der Waals surface area contributed by atoms with Gasteiger partial charge in [-0.15, -0.1) is 0 Å². The number of nitrogens with one attached hydrogen (secondary N) is 2. The normalized spacial score (nSPS) is 24.0. The van der Waals surface area contributed by atoms with Gasteiger partial charge in [0.2, 0.25) is 10.0 Å². The van der Waals surface area contributed by atoms with Gasteiger partial charge in [0.15, 0.2) is 0 Å². The van der Waals surface area contributed by atoms with E-state index in [1.165, 1.54) is 0 Å². The van der Waals surface area contributed by atoms with Gasteiger partial charge in [-0.1, -0.05) is 12.1 Å². The van der Waals surface area contributed by atoms with E-state index in [1.807, 2.05) is 12.1 Å². The Bertz CT molecular complexity index is 564. The van der Waals surface area contributed by atoms with E-state index in [1.54, 1.807) is 12.1 Å². The summed E-state index contributed by atoms with van der Waals surface area (Å²) in [7, 11) is -3.23. The molecule has 1 saturated carbocycles. The average molecular weight is 326 g/mol. The molecule has 1 aliphatic carbocycles. The molecule has 0 saturated heterocycles. The van der Waals surface area contributed by atoms with Gasteiger partial charge >= 0.3 is 0 Å². The standard InChI is InChI=1S/C16H26N2O3S/c1-12(17-15-7-3-13(11-19)4-8-15)14-5-9-16(10-6-14)18-22(2,20)21/h5-6,9-10,12-13,15,17-19H,3-4,7-8,11H2,1-2H3. The van der Waals surface area contributed by atoms with Crippen LogP contribution in [0.4, 0.5) is 5.69 Å². The summed E-state index contributed by atoms with van der Waals surface area (Å²) in [5.41, 5.74) is 1.73. The van der Waals surface area contributed by atoms with E-state index in [0.717, 1.165) is 37.5 Å². The van der Waals surface area contributed by atoms with E-state index in [9.17, 15) is 13.5 Å². The van der Waals surface area contributed by atoms with Crippen molar-refractivity contribution in [1.29, 1.82) is 0 Å². The zero-order chi connectivity index (χ0) is 16.2. The van der Waals surface area contributed by atoms with E-state index >= 15 is 0 Å². The molecule has 1 aromatic carbocycles. The predicted molar refractivity (Wildman–Crippen MR) is 89.3 cm³/mol. The molecule has 0 aliphatic heterocycles. The summed E-state index contributed by atoms with van der Waals surface area (Å²) in [5.74, 6) is 0.467. The number of rotatable bonds is 6. The van der Waals surface area contributed by atoms with Gasteiger partial charge in [-0.05, 0) is 56.2 Å². The molecule has 0 heterocycles. The van der Waals surface area contributed by atoms with Crippen molar-refractivity contribution in [2.45, 2.75) is 44.7 Å². The Kier molecular flexibility index (Phi) is 5.83. The third kappa shape index (κ3) is 5.26. The average Bonchev–Trinajstić information content (AvgIpc) is 2.47. The van der Waals surface area contributed by atoms with Crippen LogP contribution in [0.3, 0.4) is 0 Å². The van der Waals surface area contributed by atoms with Crippen molar-refractivity contribution >= 4 is 15.7 Å². The number of aliphatic hydroxyl groups excluding tert-OH is 1. The molecule has 1 fully saturated rings. The minimum Gasteiger partial charge on any atom is -0.396 e. The van der Waals surface area contributed by atoms with Crippen molar-refractivity contribution in [2.24, 2.45) is 5.92 Å². The van der Waals surface area contributed by atoms with E-state index in [0.29, 0.717) is 24.3 Å². The van der Waals surface area contributed by atoms with E-state index in [2.05, 4.69) is 17.0 Å². The smallest absolute Gasteiger partial charge is 0.229 e. The van der Waals surface area contributed by atoms with Crippen LogP contribution in [0, 0.1) is 5.92 Å². The predicted octanol–water partition coefficient (Wildman–Crippen LogP) is 2.26. The minimum atomic E-state index is -3.23. The highest BCUT2D eigenvalue weighted by atomic mass is 32.2. The van der Waals surface area contributed by atoms with Gasteiger partial charge in [-0.25, -0.2) is 8.42 Å². The molecule has 1 aliphatic rings. The molecule has 0 bridgehead atoms. The topological polar surface area (TPSA) is 78.4 Å². The third-order valence-corrected chi connectivity index (χ3v) is 4.91. The first-order chi connectivity index (χ1) is 10.4. The maximum absolute atomic E-state index is 11.2. The number of aliphatic hydroxyl groups is 1. The van der Waals surface area contributed by atoms with Gasteiger partial charge in [0, 0.05) is 24.4 Å². The second kappa shape index (κ2) is 7.44. The fourth-order valence-corrected chi connectivity index (χ4v) is 3.58. The van der Waals surface area contributed by atoms with Crippen molar-refractivity contribution in [3.05, 3.63) is 29.8 Å². The molecule has 0 radical (unpaired) electrons. The Morgan fingerprint density at radius 1 is 1.18 bits per heavy atom. The van der Waals surface area contributed by atoms with Gasteiger partial charge in [-0.2, -0.15) is 0 Å². The molecule has 1 aromatic rings. The molecular formula is C16H26N2O3S. The Morgan fingerprint density at radius 2 is 1.77 bits per heavy atom. The zero-order valence-corrected chi connectivity index (χ0v) is 14.1. The molecule has 0 aromatic heterocycles. The summed E-state index contributed by atoms with van der Waals surface area (Å²) in [5, 5.41) is 12.8. The van der Waals surface area contributed by atoms with Gasteiger partial charge in [0.1, 0.15) is 0 Å². The number of hydrogen-bond donors (Lipinski definition) is 3. The first-order valence-electron chi connectivity index (χ1n) is 7.82. The highest BCUT2D eigenvalue weighted by molar-refractivity contribution is 7.92. The van der Waals surface area contributed by atoms with Crippen molar-refractivity contribution in [1.82, 2.24) is 5.32 Å². The lowest BCUT2D eigenvalue weighted by molar-refractivity contribution is 0.172. The van der Waals surface area contributed by atoms with Crippen LogP contribution >= 0.6 is 0 Å². The van der Waals surface area contributed by atoms with Crippen LogP contribution in [0.15, 0.2) is 24.3 Å². The molecule has 0 amide bonds. The summed E-state index contributed by atoms with van der Waals surface area (Å²) in [6.07, 6.45) is 5.51. The lowest BCUT2D eigenvalue weighted by Gasteiger charge is -2.30. The van der Waals surface area contributed by atoms with Crippen molar-refractivity contribution in [2.75, 3.05) is 17.6 Å². The molecule has 0 spiro atoms. The fraction of sp³-hybridized carbons (Fsp3) is 0.625. The Balaban J connectivity index is 1.89. The molecule has 22 heavy (non-hydrogen) atoms. The summed E-state index contributed by atoms with van der Waals surface area (Å²) >= 11 is 0. The van der Waals surface area contributed by atoms with Crippen LogP contribution in [0.2, 0.25) is 0 Å². The molecule has 1 atom stereocenters. The Morgan fingerprint density at radius 3 is 2.27 bits per heavy atom. The second-order valence-electron chi connectivity index (χ2n) is 6.28. The Labute approximate surface area is 133 Å². The second-order valence-corrected chi connectivity index (χ2v) is 8.03. The molecule has 124 valence electrons. The zero-order valence-electron chi connectivity index (χ0n) is 13.2. The van der Waals surface area contributed by atoms with Gasteiger partial charge < -0.3 is 10.4 Å². The SMILES string of the molecule is CC(NC1CCC(CO)CC1)c1ccc(NS(C)(=O)=O)cc1. The highest BCUT2D eigenvalue weighted by Gasteiger charge is 2.21. The molecule has 1 unspecified atom stereocenters. The number of benzene rings is 1. The van der Waals surface area contributed by atoms with Crippen LogP contribution in [0.5, 0.6) is 0 Å². The number of sulfonamides is 1. The number of anilines is 1. The summed E-state index contributed by atoms with van der Waals surface area (Å²) in [6, 6.07) is 8.19. The minimum absolute atomic E-state index is 0.225. The number of hydrogen-bond acceptors (Lipinski definition) is 4. The molecule has 2 rings (SSSR count). The molecule has 6 heteroatoms. The molecule has 3 N–H and O–H groups in total. The summed E-state index contributed by atoms with van der Waals surface area (Å²) < 4.78 is 24.9. The van der Waals surface area contributed by atoms with Crippen molar-refractivity contribution < 1.29 is 13.5 Å². The van der Waals surface area contributed by atoms with E-state index in [4.69, 9.17) is 0 Å². The maximum atomic E-state index is 11.2. The molecule has 5 nitrogen and oxygen atoms in total. The van der Waals surface area contributed by atoms with Crippen LogP contribution in [0.25, 0.3) is 0 Å². The quantitative estimate of drug-likeness (QED) is 0.749. The monoisotopic (exact) mass is 326 g/mol. The first-order valence-corrected chi connectivity index (χ1v) is 9.71. The maximum Gasteiger partial charge on any atom is 0.229 e. The summed E-state index contributed by atoms with van der Waals surface area (Å²) in [4.78, 5) is 0. The largest absolute Gasteiger partial charge is 0.396 e. The van der Waals surface area contributed by atoms with Crippen LogP contribution in [-0.2, 0) is 10.0 Å². The van der Waals surface area contributed by atoms with Gasteiger partial charge in [0.25, 0.3) is 0 Å². The highest BCUT2D eigenvalue weighted by Crippen LogP contribution is 2.26. The van der Waals surface area contributed by atoms with Crippen molar-refractivity contribution in [3.63, 3.8) is 0 Å². The third-order valence-electron chi connectivity index (χ3n) is 4.30. The first kappa shape index (κ1) is 17.2. The molecular weight excluding hydrogens is 300 g/mol. The lowest BCUT2D eigenvalue weighted by Crippen LogP contribution is -2.35. The fourth-order valence-electron chi connectivity index (χ4n) is 3.02. The van der Waals surface area contributed by atoms with E-state index in [-0.39, 0.29) is 6.04 Å². The van der Waals surface area contributed by atoms with Crippen LogP contribution < -0.4 is 10.0 Å². The lowest BCUT2D eigenvalue weighted by atomic mass is 9.86. The van der Waals surface area contributed by atoms with Crippen LogP contribution in [-0.4, -0.2) is 32.4 Å².